The highest BCUT2D eigenvalue weighted by Gasteiger charge is 2.32. The van der Waals surface area contributed by atoms with Crippen LogP contribution in [0.3, 0.4) is 0 Å². The third-order valence-electron chi connectivity index (χ3n) is 2.41. The minimum absolute atomic E-state index is 0.272. The van der Waals surface area contributed by atoms with Crippen LogP contribution in [0.15, 0.2) is 30.3 Å². The van der Waals surface area contributed by atoms with Crippen molar-refractivity contribution in [2.24, 2.45) is 0 Å². The lowest BCUT2D eigenvalue weighted by Gasteiger charge is -2.22. The summed E-state index contributed by atoms with van der Waals surface area (Å²) in [6, 6.07) is 5.19. The van der Waals surface area contributed by atoms with Gasteiger partial charge in [0.15, 0.2) is 6.04 Å². The molecule has 0 radical (unpaired) electrons. The standard InChI is InChI=1S/C12H13F3N2O3/c1-17(7-12(13,14)15)11(20)16-9(10(18)19)8-5-3-2-4-6-8/h2-6,9H,7H2,1H3,(H,16,20)(H,18,19)/t9-/m1/s1. The van der Waals surface area contributed by atoms with Crippen LogP contribution in [0.2, 0.25) is 0 Å². The number of alkyl halides is 3. The van der Waals surface area contributed by atoms with Crippen LogP contribution in [0, 0.1) is 0 Å². The predicted octanol–water partition coefficient (Wildman–Crippen LogP) is 2.02. The van der Waals surface area contributed by atoms with Gasteiger partial charge < -0.3 is 15.3 Å². The molecule has 0 saturated heterocycles. The summed E-state index contributed by atoms with van der Waals surface area (Å²) >= 11 is 0. The molecule has 110 valence electrons. The van der Waals surface area contributed by atoms with Gasteiger partial charge in [0.2, 0.25) is 0 Å². The van der Waals surface area contributed by atoms with E-state index in [9.17, 15) is 22.8 Å². The van der Waals surface area contributed by atoms with Crippen molar-refractivity contribution < 1.29 is 27.9 Å². The minimum Gasteiger partial charge on any atom is -0.479 e. The van der Waals surface area contributed by atoms with Crippen molar-refractivity contribution in [2.75, 3.05) is 13.6 Å². The zero-order chi connectivity index (χ0) is 15.3. The first-order valence-corrected chi connectivity index (χ1v) is 5.57. The van der Waals surface area contributed by atoms with Crippen molar-refractivity contribution in [3.8, 4) is 0 Å². The number of aliphatic carboxylic acids is 1. The molecule has 0 spiro atoms. The van der Waals surface area contributed by atoms with Gasteiger partial charge in [0.1, 0.15) is 6.54 Å². The highest BCUT2D eigenvalue weighted by atomic mass is 19.4. The van der Waals surface area contributed by atoms with E-state index in [1.807, 2.05) is 5.32 Å². The average molecular weight is 290 g/mol. The van der Waals surface area contributed by atoms with Crippen LogP contribution in [-0.4, -0.2) is 41.8 Å². The number of halogens is 3. The second-order valence-electron chi connectivity index (χ2n) is 4.10. The number of benzene rings is 1. The number of urea groups is 1. The molecule has 8 heteroatoms. The third kappa shape index (κ3) is 4.79. The molecule has 0 heterocycles. The Morgan fingerprint density at radius 3 is 2.30 bits per heavy atom. The highest BCUT2D eigenvalue weighted by Crippen LogP contribution is 2.17. The molecule has 1 rings (SSSR count). The fraction of sp³-hybridized carbons (Fsp3) is 0.333. The van der Waals surface area contributed by atoms with Crippen molar-refractivity contribution in [3.05, 3.63) is 35.9 Å². The quantitative estimate of drug-likeness (QED) is 0.891. The van der Waals surface area contributed by atoms with Crippen LogP contribution in [0.25, 0.3) is 0 Å². The maximum atomic E-state index is 12.1. The van der Waals surface area contributed by atoms with Gasteiger partial charge >= 0.3 is 18.2 Å². The molecule has 2 N–H and O–H groups in total. The van der Waals surface area contributed by atoms with E-state index >= 15 is 0 Å². The smallest absolute Gasteiger partial charge is 0.406 e. The highest BCUT2D eigenvalue weighted by molar-refractivity contribution is 5.83. The average Bonchev–Trinajstić information content (AvgIpc) is 2.34. The number of rotatable bonds is 4. The molecular formula is C12H13F3N2O3. The Labute approximate surface area is 113 Å². The summed E-state index contributed by atoms with van der Waals surface area (Å²) < 4.78 is 36.4. The third-order valence-corrected chi connectivity index (χ3v) is 2.41. The molecule has 2 amide bonds. The number of carboxylic acids is 1. The van der Waals surface area contributed by atoms with Crippen LogP contribution in [0.1, 0.15) is 11.6 Å². The van der Waals surface area contributed by atoms with Gasteiger partial charge in [0.25, 0.3) is 0 Å². The Morgan fingerprint density at radius 2 is 1.85 bits per heavy atom. The molecule has 0 aliphatic rings. The van der Waals surface area contributed by atoms with Gasteiger partial charge in [-0.25, -0.2) is 9.59 Å². The zero-order valence-corrected chi connectivity index (χ0v) is 10.5. The number of amides is 2. The SMILES string of the molecule is CN(CC(F)(F)F)C(=O)N[C@@H](C(=O)O)c1ccccc1. The summed E-state index contributed by atoms with van der Waals surface area (Å²) in [6.07, 6.45) is -4.54. The second-order valence-corrected chi connectivity index (χ2v) is 4.10. The van der Waals surface area contributed by atoms with Crippen LogP contribution in [0.4, 0.5) is 18.0 Å². The number of nitrogens with one attached hydrogen (secondary N) is 1. The first kappa shape index (κ1) is 15.8. The second kappa shape index (κ2) is 6.27. The van der Waals surface area contributed by atoms with Gasteiger partial charge in [0, 0.05) is 7.05 Å². The van der Waals surface area contributed by atoms with Crippen molar-refractivity contribution in [1.29, 1.82) is 0 Å². The summed E-state index contributed by atoms with van der Waals surface area (Å²) in [4.78, 5) is 23.0. The Morgan fingerprint density at radius 1 is 1.30 bits per heavy atom. The molecule has 1 aromatic carbocycles. The topological polar surface area (TPSA) is 69.6 Å². The molecule has 0 unspecified atom stereocenters. The normalized spacial score (nSPS) is 12.6. The fourth-order valence-corrected chi connectivity index (χ4v) is 1.51. The van der Waals surface area contributed by atoms with Gasteiger partial charge in [-0.15, -0.1) is 0 Å². The maximum absolute atomic E-state index is 12.1. The van der Waals surface area contributed by atoms with E-state index in [-0.39, 0.29) is 5.56 Å². The Balaban J connectivity index is 2.77. The molecule has 0 aliphatic heterocycles. The molecule has 1 atom stereocenters. The number of carboxylic acid groups (broad SMARTS) is 1. The Bertz CT molecular complexity index is 477. The lowest BCUT2D eigenvalue weighted by atomic mass is 10.1. The van der Waals surface area contributed by atoms with E-state index in [2.05, 4.69) is 0 Å². The first-order valence-electron chi connectivity index (χ1n) is 5.57. The molecule has 20 heavy (non-hydrogen) atoms. The van der Waals surface area contributed by atoms with Gasteiger partial charge in [-0.3, -0.25) is 0 Å². The number of carbonyl (C=O) groups excluding carboxylic acids is 1. The number of carbonyl (C=O) groups is 2. The van der Waals surface area contributed by atoms with E-state index in [1.165, 1.54) is 12.1 Å². The number of nitrogens with zero attached hydrogens (tertiary/aromatic N) is 1. The van der Waals surface area contributed by atoms with Gasteiger partial charge in [-0.2, -0.15) is 13.2 Å². The van der Waals surface area contributed by atoms with Crippen LogP contribution >= 0.6 is 0 Å². The number of hydrogen-bond acceptors (Lipinski definition) is 2. The largest absolute Gasteiger partial charge is 0.479 e. The van der Waals surface area contributed by atoms with Crippen LogP contribution in [0.5, 0.6) is 0 Å². The predicted molar refractivity (Wildman–Crippen MR) is 64.0 cm³/mol. The molecule has 5 nitrogen and oxygen atoms in total. The van der Waals surface area contributed by atoms with Crippen LogP contribution < -0.4 is 5.32 Å². The van der Waals surface area contributed by atoms with Crippen molar-refractivity contribution in [1.82, 2.24) is 10.2 Å². The van der Waals surface area contributed by atoms with Crippen molar-refractivity contribution in [2.45, 2.75) is 12.2 Å². The summed E-state index contributed by atoms with van der Waals surface area (Å²) in [6.45, 7) is -1.46. The Hall–Kier alpha value is -2.25. The maximum Gasteiger partial charge on any atom is 0.406 e. The monoisotopic (exact) mass is 290 g/mol. The van der Waals surface area contributed by atoms with E-state index < -0.39 is 30.8 Å². The van der Waals surface area contributed by atoms with Crippen molar-refractivity contribution in [3.63, 3.8) is 0 Å². The summed E-state index contributed by atoms with van der Waals surface area (Å²) in [5.41, 5.74) is 0.272. The fourth-order valence-electron chi connectivity index (χ4n) is 1.51. The van der Waals surface area contributed by atoms with E-state index in [0.717, 1.165) is 7.05 Å². The zero-order valence-electron chi connectivity index (χ0n) is 10.5. The molecule has 0 fully saturated rings. The molecule has 1 aromatic rings. The van der Waals surface area contributed by atoms with E-state index in [0.29, 0.717) is 4.90 Å². The Kier molecular flexibility index (Phi) is 4.95. The summed E-state index contributed by atoms with van der Waals surface area (Å²) in [5, 5.41) is 11.1. The van der Waals surface area contributed by atoms with Gasteiger partial charge in [0.05, 0.1) is 0 Å². The number of hydrogen-bond donors (Lipinski definition) is 2. The first-order chi connectivity index (χ1) is 9.20. The summed E-state index contributed by atoms with van der Waals surface area (Å²) in [7, 11) is 0.937. The van der Waals surface area contributed by atoms with Crippen molar-refractivity contribution >= 4 is 12.0 Å². The molecule has 0 bridgehead atoms. The van der Waals surface area contributed by atoms with E-state index in [4.69, 9.17) is 5.11 Å². The van der Waals surface area contributed by atoms with E-state index in [1.54, 1.807) is 18.2 Å². The molecule has 0 saturated carbocycles. The van der Waals surface area contributed by atoms with Crippen LogP contribution in [-0.2, 0) is 4.79 Å². The van der Waals surface area contributed by atoms with Gasteiger partial charge in [-0.05, 0) is 5.56 Å². The molecule has 0 aromatic heterocycles. The minimum atomic E-state index is -4.54. The molecule has 0 aliphatic carbocycles. The lowest BCUT2D eigenvalue weighted by molar-refractivity contribution is -0.140. The molecular weight excluding hydrogens is 277 g/mol. The van der Waals surface area contributed by atoms with Gasteiger partial charge in [-0.1, -0.05) is 30.3 Å². The lowest BCUT2D eigenvalue weighted by Crippen LogP contribution is -2.45. The summed E-state index contributed by atoms with van der Waals surface area (Å²) in [5.74, 6) is -1.36.